The second-order valence-electron chi connectivity index (χ2n) is 4.96. The molecule has 2 rings (SSSR count). The summed E-state index contributed by atoms with van der Waals surface area (Å²) in [6, 6.07) is 4.84. The zero-order chi connectivity index (χ0) is 15.4. The molecule has 1 fully saturated rings. The van der Waals surface area contributed by atoms with Crippen molar-refractivity contribution in [3.05, 3.63) is 23.8 Å². The van der Waals surface area contributed by atoms with E-state index in [4.69, 9.17) is 19.9 Å². The first kappa shape index (κ1) is 15.6. The van der Waals surface area contributed by atoms with Crippen molar-refractivity contribution in [2.45, 2.75) is 31.5 Å². The predicted octanol–water partition coefficient (Wildman–Crippen LogP) is 0.938. The van der Waals surface area contributed by atoms with Crippen LogP contribution < -0.4 is 20.5 Å². The molecule has 0 heterocycles. The number of amides is 1. The van der Waals surface area contributed by atoms with Gasteiger partial charge in [0.05, 0.1) is 31.9 Å². The van der Waals surface area contributed by atoms with Gasteiger partial charge in [0.1, 0.15) is 11.5 Å². The van der Waals surface area contributed by atoms with Gasteiger partial charge in [0, 0.05) is 12.6 Å². The number of methoxy groups -OCH3 is 2. The summed E-state index contributed by atoms with van der Waals surface area (Å²) in [6.45, 7) is 2.53. The number of rotatable bonds is 6. The number of ether oxygens (including phenoxy) is 3. The molecular formula is C15H22N2O4. The fourth-order valence-electron chi connectivity index (χ4n) is 2.45. The van der Waals surface area contributed by atoms with E-state index < -0.39 is 0 Å². The molecule has 0 spiro atoms. The Labute approximate surface area is 124 Å². The highest BCUT2D eigenvalue weighted by molar-refractivity contribution is 5.97. The van der Waals surface area contributed by atoms with Gasteiger partial charge in [-0.1, -0.05) is 0 Å². The number of carbonyl (C=O) groups excluding carboxylic acids is 1. The Bertz CT molecular complexity index is 504. The minimum absolute atomic E-state index is 0.0226. The van der Waals surface area contributed by atoms with Gasteiger partial charge in [0.15, 0.2) is 0 Å². The van der Waals surface area contributed by atoms with Crippen LogP contribution in [-0.2, 0) is 4.74 Å². The zero-order valence-electron chi connectivity index (χ0n) is 12.6. The molecule has 0 radical (unpaired) electrons. The Balaban J connectivity index is 2.12. The molecule has 3 unspecified atom stereocenters. The van der Waals surface area contributed by atoms with E-state index in [9.17, 15) is 4.79 Å². The molecule has 0 bridgehead atoms. The van der Waals surface area contributed by atoms with Crippen LogP contribution in [0, 0.1) is 0 Å². The summed E-state index contributed by atoms with van der Waals surface area (Å²) in [5.41, 5.74) is 6.37. The monoisotopic (exact) mass is 294 g/mol. The second kappa shape index (κ2) is 6.78. The molecule has 3 atom stereocenters. The van der Waals surface area contributed by atoms with Gasteiger partial charge < -0.3 is 25.3 Å². The smallest absolute Gasteiger partial charge is 0.255 e. The quantitative estimate of drug-likeness (QED) is 0.816. The molecule has 1 aromatic carbocycles. The zero-order valence-corrected chi connectivity index (χ0v) is 12.6. The first-order valence-corrected chi connectivity index (χ1v) is 7.00. The molecule has 21 heavy (non-hydrogen) atoms. The lowest BCUT2D eigenvalue weighted by atomic mass is 9.83. The highest BCUT2D eigenvalue weighted by atomic mass is 16.5. The summed E-state index contributed by atoms with van der Waals surface area (Å²) in [6.07, 6.45) is 0.735. The summed E-state index contributed by atoms with van der Waals surface area (Å²) in [4.78, 5) is 12.4. The summed E-state index contributed by atoms with van der Waals surface area (Å²) in [7, 11) is 3.08. The maximum Gasteiger partial charge on any atom is 0.255 e. The van der Waals surface area contributed by atoms with Crippen LogP contribution in [0.1, 0.15) is 23.7 Å². The minimum atomic E-state index is -0.240. The Kier molecular flexibility index (Phi) is 5.03. The summed E-state index contributed by atoms with van der Waals surface area (Å²) >= 11 is 0. The van der Waals surface area contributed by atoms with Gasteiger partial charge in [0.25, 0.3) is 5.91 Å². The van der Waals surface area contributed by atoms with Crippen LogP contribution in [0.4, 0.5) is 0 Å². The standard InChI is InChI=1S/C15H22N2O4/c1-4-21-13-8-11(16)14(13)17-15(18)10-7-9(19-2)5-6-12(10)20-3/h5-7,11,13-14H,4,8,16H2,1-3H3,(H,17,18). The number of hydrogen-bond donors (Lipinski definition) is 2. The van der Waals surface area contributed by atoms with Crippen molar-refractivity contribution in [3.63, 3.8) is 0 Å². The molecule has 1 amide bonds. The number of benzene rings is 1. The van der Waals surface area contributed by atoms with Gasteiger partial charge >= 0.3 is 0 Å². The number of carbonyl (C=O) groups is 1. The van der Waals surface area contributed by atoms with Gasteiger partial charge in [-0.3, -0.25) is 4.79 Å². The van der Waals surface area contributed by atoms with Crippen molar-refractivity contribution in [1.82, 2.24) is 5.32 Å². The maximum absolute atomic E-state index is 12.4. The van der Waals surface area contributed by atoms with Crippen LogP contribution in [0.5, 0.6) is 11.5 Å². The first-order chi connectivity index (χ1) is 10.1. The highest BCUT2D eigenvalue weighted by Gasteiger charge is 2.40. The molecule has 116 valence electrons. The second-order valence-corrected chi connectivity index (χ2v) is 4.96. The topological polar surface area (TPSA) is 82.8 Å². The first-order valence-electron chi connectivity index (χ1n) is 7.00. The Hall–Kier alpha value is -1.79. The highest BCUT2D eigenvalue weighted by Crippen LogP contribution is 2.26. The van der Waals surface area contributed by atoms with E-state index in [1.54, 1.807) is 25.3 Å². The Morgan fingerprint density at radius 1 is 1.38 bits per heavy atom. The Morgan fingerprint density at radius 3 is 2.71 bits per heavy atom. The fourth-order valence-corrected chi connectivity index (χ4v) is 2.45. The number of nitrogens with two attached hydrogens (primary N) is 1. The van der Waals surface area contributed by atoms with Crippen molar-refractivity contribution < 1.29 is 19.0 Å². The van der Waals surface area contributed by atoms with Crippen LogP contribution in [0.15, 0.2) is 18.2 Å². The molecule has 1 aromatic rings. The summed E-state index contributed by atoms with van der Waals surface area (Å²) in [5, 5.41) is 2.92. The molecule has 3 N–H and O–H groups in total. The van der Waals surface area contributed by atoms with Crippen molar-refractivity contribution in [2.24, 2.45) is 5.73 Å². The molecule has 0 aliphatic heterocycles. The van der Waals surface area contributed by atoms with E-state index in [-0.39, 0.29) is 24.1 Å². The molecule has 1 aliphatic rings. The lowest BCUT2D eigenvalue weighted by molar-refractivity contribution is -0.0300. The fraction of sp³-hybridized carbons (Fsp3) is 0.533. The van der Waals surface area contributed by atoms with Crippen molar-refractivity contribution in [1.29, 1.82) is 0 Å². The predicted molar refractivity (Wildman–Crippen MR) is 78.8 cm³/mol. The van der Waals surface area contributed by atoms with Crippen LogP contribution in [0.25, 0.3) is 0 Å². The van der Waals surface area contributed by atoms with Crippen LogP contribution in [0.2, 0.25) is 0 Å². The summed E-state index contributed by atoms with van der Waals surface area (Å²) in [5.74, 6) is 0.852. The molecule has 1 aliphatic carbocycles. The maximum atomic E-state index is 12.4. The van der Waals surface area contributed by atoms with E-state index in [0.717, 1.165) is 6.42 Å². The molecular weight excluding hydrogens is 272 g/mol. The summed E-state index contributed by atoms with van der Waals surface area (Å²) < 4.78 is 15.9. The van der Waals surface area contributed by atoms with Gasteiger partial charge in [-0.05, 0) is 31.5 Å². The number of nitrogens with one attached hydrogen (secondary N) is 1. The molecule has 6 heteroatoms. The van der Waals surface area contributed by atoms with E-state index in [0.29, 0.717) is 23.7 Å². The molecule has 6 nitrogen and oxygen atoms in total. The average molecular weight is 294 g/mol. The molecule has 0 aromatic heterocycles. The van der Waals surface area contributed by atoms with Gasteiger partial charge in [-0.25, -0.2) is 0 Å². The van der Waals surface area contributed by atoms with Crippen molar-refractivity contribution in [3.8, 4) is 11.5 Å². The lowest BCUT2D eigenvalue weighted by Gasteiger charge is -2.42. The normalized spacial score (nSPS) is 24.1. The van der Waals surface area contributed by atoms with Crippen molar-refractivity contribution in [2.75, 3.05) is 20.8 Å². The molecule has 1 saturated carbocycles. The molecule has 0 saturated heterocycles. The van der Waals surface area contributed by atoms with E-state index in [1.165, 1.54) is 7.11 Å². The largest absolute Gasteiger partial charge is 0.497 e. The Morgan fingerprint density at radius 2 is 2.14 bits per heavy atom. The van der Waals surface area contributed by atoms with E-state index in [1.807, 2.05) is 6.92 Å². The number of hydrogen-bond acceptors (Lipinski definition) is 5. The average Bonchev–Trinajstić information content (AvgIpc) is 2.51. The third-order valence-corrected chi connectivity index (χ3v) is 3.70. The van der Waals surface area contributed by atoms with Crippen LogP contribution in [0.3, 0.4) is 0 Å². The van der Waals surface area contributed by atoms with Gasteiger partial charge in [-0.2, -0.15) is 0 Å². The lowest BCUT2D eigenvalue weighted by Crippen LogP contribution is -2.64. The minimum Gasteiger partial charge on any atom is -0.497 e. The van der Waals surface area contributed by atoms with Crippen LogP contribution >= 0.6 is 0 Å². The van der Waals surface area contributed by atoms with E-state index >= 15 is 0 Å². The van der Waals surface area contributed by atoms with Crippen molar-refractivity contribution >= 4 is 5.91 Å². The van der Waals surface area contributed by atoms with Gasteiger partial charge in [-0.15, -0.1) is 0 Å². The van der Waals surface area contributed by atoms with Gasteiger partial charge in [0.2, 0.25) is 0 Å². The SMILES string of the molecule is CCOC1CC(N)C1NC(=O)c1cc(OC)ccc1OC. The van der Waals surface area contributed by atoms with Crippen LogP contribution in [-0.4, -0.2) is 44.9 Å². The van der Waals surface area contributed by atoms with E-state index in [2.05, 4.69) is 5.32 Å². The third-order valence-electron chi connectivity index (χ3n) is 3.70. The third kappa shape index (κ3) is 3.28.